The Morgan fingerprint density at radius 1 is 1.00 bits per heavy atom. The molecule has 0 unspecified atom stereocenters. The molecule has 3 aromatic rings. The number of hydrogen-bond donors (Lipinski definition) is 1. The second-order valence-electron chi connectivity index (χ2n) is 8.61. The minimum atomic E-state index is 0.00469. The number of hydrogen-bond acceptors (Lipinski definition) is 3. The highest BCUT2D eigenvalue weighted by atomic mass is 35.5. The molecule has 33 heavy (non-hydrogen) atoms. The van der Waals surface area contributed by atoms with Crippen LogP contribution in [0.5, 0.6) is 0 Å². The highest BCUT2D eigenvalue weighted by molar-refractivity contribution is 6.31. The summed E-state index contributed by atoms with van der Waals surface area (Å²) < 4.78 is 2.21. The number of anilines is 1. The summed E-state index contributed by atoms with van der Waals surface area (Å²) in [5.74, 6) is 0.00469. The van der Waals surface area contributed by atoms with Crippen molar-refractivity contribution in [3.05, 3.63) is 76.4 Å². The van der Waals surface area contributed by atoms with E-state index in [1.807, 2.05) is 43.3 Å². The van der Waals surface area contributed by atoms with Crippen molar-refractivity contribution >= 4 is 23.2 Å². The van der Waals surface area contributed by atoms with Crippen molar-refractivity contribution in [1.29, 1.82) is 0 Å². The van der Waals surface area contributed by atoms with Crippen LogP contribution in [0.3, 0.4) is 0 Å². The maximum Gasteiger partial charge on any atom is 0.253 e. The average Bonchev–Trinajstić information content (AvgIpc) is 3.18. The van der Waals surface area contributed by atoms with E-state index in [4.69, 9.17) is 11.6 Å². The Morgan fingerprint density at radius 2 is 1.73 bits per heavy atom. The highest BCUT2D eigenvalue weighted by Crippen LogP contribution is 2.28. The van der Waals surface area contributed by atoms with Gasteiger partial charge in [0.15, 0.2) is 0 Å². The summed E-state index contributed by atoms with van der Waals surface area (Å²) in [5.41, 5.74) is 6.36. The van der Waals surface area contributed by atoms with Gasteiger partial charge in [0.2, 0.25) is 0 Å². The third kappa shape index (κ3) is 5.10. The number of carbonyl (C=O) groups is 1. The van der Waals surface area contributed by atoms with Crippen LogP contribution in [-0.2, 0) is 6.54 Å². The van der Waals surface area contributed by atoms with Gasteiger partial charge in [0, 0.05) is 67.9 Å². The summed E-state index contributed by atoms with van der Waals surface area (Å²) >= 11 is 6.30. The molecule has 1 aliphatic rings. The van der Waals surface area contributed by atoms with Crippen LogP contribution in [0.1, 0.15) is 28.5 Å². The molecular formula is C27H33ClN4O. The molecule has 5 nitrogen and oxygen atoms in total. The molecule has 1 amide bonds. The number of nitrogens with one attached hydrogen (secondary N) is 1. The predicted molar refractivity (Wildman–Crippen MR) is 137 cm³/mol. The maximum absolute atomic E-state index is 13.0. The minimum Gasteiger partial charge on any atom is -0.369 e. The first kappa shape index (κ1) is 23.4. The van der Waals surface area contributed by atoms with Crippen molar-refractivity contribution < 1.29 is 4.79 Å². The van der Waals surface area contributed by atoms with Crippen LogP contribution >= 0.6 is 11.6 Å². The van der Waals surface area contributed by atoms with Crippen LogP contribution in [0.4, 0.5) is 5.69 Å². The molecule has 4 rings (SSSR count). The summed E-state index contributed by atoms with van der Waals surface area (Å²) in [6.07, 6.45) is 0. The molecule has 0 spiro atoms. The quantitative estimate of drug-likeness (QED) is 0.535. The Hall–Kier alpha value is -2.76. The Kier molecular flexibility index (Phi) is 7.41. The van der Waals surface area contributed by atoms with E-state index in [1.54, 1.807) is 0 Å². The van der Waals surface area contributed by atoms with Gasteiger partial charge >= 0.3 is 0 Å². The smallest absolute Gasteiger partial charge is 0.253 e. The first-order valence-corrected chi connectivity index (χ1v) is 12.1. The van der Waals surface area contributed by atoms with Crippen molar-refractivity contribution in [3.8, 4) is 11.3 Å². The average molecular weight is 465 g/mol. The predicted octanol–water partition coefficient (Wildman–Crippen LogP) is 5.00. The van der Waals surface area contributed by atoms with Gasteiger partial charge in [-0.1, -0.05) is 48.0 Å². The fourth-order valence-corrected chi connectivity index (χ4v) is 4.87. The number of amides is 1. The summed E-state index contributed by atoms with van der Waals surface area (Å²) in [5, 5.41) is 3.96. The van der Waals surface area contributed by atoms with Gasteiger partial charge < -0.3 is 14.8 Å². The summed E-state index contributed by atoms with van der Waals surface area (Å²) in [6.45, 7) is 12.4. The number of nitrogens with zero attached hydrogens (tertiary/aromatic N) is 3. The van der Waals surface area contributed by atoms with Crippen LogP contribution in [-0.4, -0.2) is 54.6 Å². The van der Waals surface area contributed by atoms with Crippen molar-refractivity contribution in [2.45, 2.75) is 27.3 Å². The molecular weight excluding hydrogens is 432 g/mol. The summed E-state index contributed by atoms with van der Waals surface area (Å²) in [6, 6.07) is 18.4. The van der Waals surface area contributed by atoms with Gasteiger partial charge in [-0.25, -0.2) is 0 Å². The third-order valence-electron chi connectivity index (χ3n) is 6.66. The van der Waals surface area contributed by atoms with Gasteiger partial charge in [-0.15, -0.1) is 0 Å². The SMILES string of the molecule is CCn1c(-c2ccccc2)cc(C(=O)NCCN2CCN(c3cccc(Cl)c3C)CC2)c1C. The lowest BCUT2D eigenvalue weighted by Crippen LogP contribution is -2.48. The topological polar surface area (TPSA) is 40.5 Å². The monoisotopic (exact) mass is 464 g/mol. The number of carbonyl (C=O) groups excluding carboxylic acids is 1. The first-order valence-electron chi connectivity index (χ1n) is 11.8. The van der Waals surface area contributed by atoms with E-state index in [-0.39, 0.29) is 5.91 Å². The fourth-order valence-electron chi connectivity index (χ4n) is 4.70. The molecule has 2 heterocycles. The second kappa shape index (κ2) is 10.4. The molecule has 0 atom stereocenters. The van der Waals surface area contributed by atoms with E-state index < -0.39 is 0 Å². The molecule has 6 heteroatoms. The number of benzene rings is 2. The maximum atomic E-state index is 13.0. The highest BCUT2D eigenvalue weighted by Gasteiger charge is 2.20. The Labute approximate surface area is 202 Å². The zero-order chi connectivity index (χ0) is 23.4. The van der Waals surface area contributed by atoms with Crippen LogP contribution < -0.4 is 10.2 Å². The second-order valence-corrected chi connectivity index (χ2v) is 9.01. The van der Waals surface area contributed by atoms with Crippen LogP contribution in [0.2, 0.25) is 5.02 Å². The zero-order valence-electron chi connectivity index (χ0n) is 19.8. The molecule has 1 saturated heterocycles. The van der Waals surface area contributed by atoms with Gasteiger partial charge in [-0.2, -0.15) is 0 Å². The lowest BCUT2D eigenvalue weighted by Gasteiger charge is -2.37. The standard InChI is InChI=1S/C27H33ClN4O/c1-4-32-21(3)23(19-26(32)22-9-6-5-7-10-22)27(33)29-13-14-30-15-17-31(18-16-30)25-12-8-11-24(28)20(25)2/h5-12,19H,4,13-18H2,1-3H3,(H,29,33). The van der Waals surface area contributed by atoms with Gasteiger partial charge in [-0.05, 0) is 50.1 Å². The molecule has 0 aliphatic carbocycles. The molecule has 2 aromatic carbocycles. The van der Waals surface area contributed by atoms with E-state index in [0.717, 1.165) is 72.4 Å². The van der Waals surface area contributed by atoms with E-state index >= 15 is 0 Å². The minimum absolute atomic E-state index is 0.00469. The molecule has 1 aliphatic heterocycles. The molecule has 1 aromatic heterocycles. The number of rotatable bonds is 7. The van der Waals surface area contributed by atoms with Crippen molar-refractivity contribution in [1.82, 2.24) is 14.8 Å². The molecule has 1 fully saturated rings. The van der Waals surface area contributed by atoms with Crippen LogP contribution in [0, 0.1) is 13.8 Å². The lowest BCUT2D eigenvalue weighted by atomic mass is 10.1. The lowest BCUT2D eigenvalue weighted by molar-refractivity contribution is 0.0947. The van der Waals surface area contributed by atoms with Crippen molar-refractivity contribution in [2.75, 3.05) is 44.2 Å². The van der Waals surface area contributed by atoms with E-state index in [0.29, 0.717) is 6.54 Å². The largest absolute Gasteiger partial charge is 0.369 e. The van der Waals surface area contributed by atoms with Gasteiger partial charge in [0.1, 0.15) is 0 Å². The number of halogens is 1. The van der Waals surface area contributed by atoms with E-state index in [2.05, 4.69) is 51.7 Å². The van der Waals surface area contributed by atoms with Crippen LogP contribution in [0.25, 0.3) is 11.3 Å². The zero-order valence-corrected chi connectivity index (χ0v) is 20.5. The third-order valence-corrected chi connectivity index (χ3v) is 7.07. The molecule has 174 valence electrons. The summed E-state index contributed by atoms with van der Waals surface area (Å²) in [4.78, 5) is 17.8. The van der Waals surface area contributed by atoms with Crippen molar-refractivity contribution in [2.24, 2.45) is 0 Å². The molecule has 0 radical (unpaired) electrons. The van der Waals surface area contributed by atoms with E-state index in [9.17, 15) is 4.79 Å². The van der Waals surface area contributed by atoms with Crippen LogP contribution in [0.15, 0.2) is 54.6 Å². The molecule has 0 saturated carbocycles. The Morgan fingerprint density at radius 3 is 2.42 bits per heavy atom. The van der Waals surface area contributed by atoms with Crippen molar-refractivity contribution in [3.63, 3.8) is 0 Å². The molecule has 0 bridgehead atoms. The normalized spacial score (nSPS) is 14.5. The molecule has 1 N–H and O–H groups in total. The van der Waals surface area contributed by atoms with E-state index in [1.165, 1.54) is 5.69 Å². The Balaban J connectivity index is 1.31. The summed E-state index contributed by atoms with van der Waals surface area (Å²) in [7, 11) is 0. The first-order chi connectivity index (χ1) is 16.0. The number of aromatic nitrogens is 1. The number of piperazine rings is 1. The van der Waals surface area contributed by atoms with Gasteiger partial charge in [-0.3, -0.25) is 9.69 Å². The Bertz CT molecular complexity index is 1100. The van der Waals surface area contributed by atoms with Gasteiger partial charge in [0.05, 0.1) is 5.56 Å². The van der Waals surface area contributed by atoms with Gasteiger partial charge in [0.25, 0.3) is 5.91 Å². The fraction of sp³-hybridized carbons (Fsp3) is 0.370.